The molecule has 8 nitrogen and oxygen atoms in total. The highest BCUT2D eigenvalue weighted by Gasteiger charge is 2.29. The summed E-state index contributed by atoms with van der Waals surface area (Å²) in [4.78, 5) is 25.5. The van der Waals surface area contributed by atoms with E-state index in [9.17, 15) is 13.2 Å². The molecule has 1 amide bonds. The number of piperidine rings is 1. The van der Waals surface area contributed by atoms with Gasteiger partial charge in [0.05, 0.1) is 11.8 Å². The van der Waals surface area contributed by atoms with Crippen molar-refractivity contribution in [2.45, 2.75) is 45.6 Å². The Morgan fingerprint density at radius 2 is 2.00 bits per heavy atom. The second-order valence-electron chi connectivity index (χ2n) is 8.89. The summed E-state index contributed by atoms with van der Waals surface area (Å²) in [6.45, 7) is 6.63. The molecule has 3 heterocycles. The first-order valence-electron chi connectivity index (χ1n) is 11.9. The third kappa shape index (κ3) is 5.19. The minimum absolute atomic E-state index is 0.0321. The Morgan fingerprint density at radius 3 is 2.68 bits per heavy atom. The molecule has 1 aliphatic rings. The summed E-state index contributed by atoms with van der Waals surface area (Å²) < 4.78 is 25.7. The molecule has 0 unspecified atom stereocenters. The van der Waals surface area contributed by atoms with Gasteiger partial charge in [-0.1, -0.05) is 19.9 Å². The lowest BCUT2D eigenvalue weighted by Crippen LogP contribution is -2.47. The van der Waals surface area contributed by atoms with E-state index in [1.165, 1.54) is 5.56 Å². The van der Waals surface area contributed by atoms with Gasteiger partial charge < -0.3 is 14.8 Å². The van der Waals surface area contributed by atoms with Crippen LogP contribution in [0.5, 0.6) is 0 Å². The number of rotatable bonds is 8. The second-order valence-corrected chi connectivity index (χ2v) is 10.6. The summed E-state index contributed by atoms with van der Waals surface area (Å²) in [6.07, 6.45) is 8.44. The van der Waals surface area contributed by atoms with E-state index in [1.54, 1.807) is 24.4 Å². The third-order valence-corrected chi connectivity index (χ3v) is 7.00. The lowest BCUT2D eigenvalue weighted by Gasteiger charge is -2.39. The number of sulfonamides is 1. The maximum absolute atomic E-state index is 13.4. The number of aryl methyl sites for hydroxylation is 1. The highest BCUT2D eigenvalue weighted by Crippen LogP contribution is 2.28. The van der Waals surface area contributed by atoms with E-state index in [0.717, 1.165) is 55.2 Å². The van der Waals surface area contributed by atoms with Crippen molar-refractivity contribution in [1.29, 1.82) is 0 Å². The van der Waals surface area contributed by atoms with Crippen molar-refractivity contribution in [2.75, 3.05) is 35.5 Å². The normalized spacial score (nSPS) is 15.0. The minimum atomic E-state index is -3.39. The molecule has 182 valence electrons. The van der Waals surface area contributed by atoms with Crippen LogP contribution in [0.1, 0.15) is 49.0 Å². The zero-order chi connectivity index (χ0) is 24.3. The lowest BCUT2D eigenvalue weighted by atomic mass is 10.0. The van der Waals surface area contributed by atoms with E-state index >= 15 is 0 Å². The van der Waals surface area contributed by atoms with Gasteiger partial charge in [0.2, 0.25) is 10.0 Å². The average Bonchev–Trinajstić information content (AvgIpc) is 3.24. The number of aromatic nitrogens is 2. The Bertz CT molecular complexity index is 1260. The van der Waals surface area contributed by atoms with Gasteiger partial charge in [0.1, 0.15) is 5.82 Å². The predicted molar refractivity (Wildman–Crippen MR) is 137 cm³/mol. The maximum atomic E-state index is 13.4. The Labute approximate surface area is 201 Å². The Balaban J connectivity index is 1.50. The lowest BCUT2D eigenvalue weighted by molar-refractivity contribution is 0.0714. The number of hydrogen-bond donors (Lipinski definition) is 2. The fraction of sp³-hybridized carbons (Fsp3) is 0.440. The van der Waals surface area contributed by atoms with Crippen LogP contribution < -0.4 is 9.62 Å². The smallest absolute Gasteiger partial charge is 0.256 e. The fourth-order valence-electron chi connectivity index (χ4n) is 4.79. The van der Waals surface area contributed by atoms with Gasteiger partial charge in [0.25, 0.3) is 5.91 Å². The highest BCUT2D eigenvalue weighted by molar-refractivity contribution is 7.92. The quantitative estimate of drug-likeness (QED) is 0.504. The van der Waals surface area contributed by atoms with E-state index in [-0.39, 0.29) is 5.91 Å². The van der Waals surface area contributed by atoms with Crippen molar-refractivity contribution >= 4 is 38.3 Å². The van der Waals surface area contributed by atoms with Crippen LogP contribution in [0.3, 0.4) is 0 Å². The average molecular weight is 484 g/mol. The number of likely N-dealkylation sites (tertiary alicyclic amines) is 1. The van der Waals surface area contributed by atoms with Crippen LogP contribution in [0.4, 0.5) is 11.5 Å². The van der Waals surface area contributed by atoms with Crippen LogP contribution in [0, 0.1) is 0 Å². The van der Waals surface area contributed by atoms with Crippen LogP contribution >= 0.6 is 0 Å². The summed E-state index contributed by atoms with van der Waals surface area (Å²) in [5.74, 6) is 1.04. The Hall–Kier alpha value is -3.07. The van der Waals surface area contributed by atoms with Crippen LogP contribution in [-0.2, 0) is 16.4 Å². The molecule has 1 aromatic carbocycles. The van der Waals surface area contributed by atoms with Gasteiger partial charge in [0, 0.05) is 54.7 Å². The summed E-state index contributed by atoms with van der Waals surface area (Å²) in [6, 6.07) is 9.66. The Kier molecular flexibility index (Phi) is 7.11. The fourth-order valence-corrected chi connectivity index (χ4v) is 5.35. The van der Waals surface area contributed by atoms with Crippen LogP contribution in [0.25, 0.3) is 10.9 Å². The number of fused-ring (bicyclic) bond motifs is 1. The highest BCUT2D eigenvalue weighted by atomic mass is 32.2. The molecule has 0 spiro atoms. The van der Waals surface area contributed by atoms with Gasteiger partial charge in [-0.3, -0.25) is 9.52 Å². The first-order chi connectivity index (χ1) is 16.3. The summed E-state index contributed by atoms with van der Waals surface area (Å²) in [5.41, 5.74) is 3.06. The number of carbonyl (C=O) groups is 1. The number of nitrogens with one attached hydrogen (secondary N) is 2. The standard InChI is InChI=1S/C25H33N5O3S/c1-4-13-30(24-18(5-2)7-6-12-26-24)20-10-14-29(15-11-20)25(31)22-17-27-23-9-8-19(16-21(22)23)28-34(3,32)33/h6-9,12,16-17,20,27-28H,4-5,10-11,13-15H2,1-3H3. The molecule has 0 atom stereocenters. The number of pyridine rings is 1. The molecule has 1 aliphatic heterocycles. The van der Waals surface area contributed by atoms with E-state index in [4.69, 9.17) is 4.98 Å². The molecular formula is C25H33N5O3S. The maximum Gasteiger partial charge on any atom is 0.256 e. The molecule has 2 aromatic heterocycles. The topological polar surface area (TPSA) is 98.4 Å². The largest absolute Gasteiger partial charge is 0.360 e. The number of amides is 1. The SMILES string of the molecule is CCCN(c1ncccc1CC)C1CCN(C(=O)c2c[nH]c3ccc(NS(C)(=O)=O)cc23)CC1. The zero-order valence-electron chi connectivity index (χ0n) is 20.0. The molecular weight excluding hydrogens is 450 g/mol. The molecule has 4 rings (SSSR count). The molecule has 34 heavy (non-hydrogen) atoms. The predicted octanol–water partition coefficient (Wildman–Crippen LogP) is 4.02. The van der Waals surface area contributed by atoms with Gasteiger partial charge in [-0.05, 0) is 55.5 Å². The van der Waals surface area contributed by atoms with Crippen LogP contribution in [0.15, 0.2) is 42.7 Å². The van der Waals surface area contributed by atoms with E-state index in [1.807, 2.05) is 17.2 Å². The molecule has 1 saturated heterocycles. The number of H-pyrrole nitrogens is 1. The van der Waals surface area contributed by atoms with Crippen molar-refractivity contribution < 1.29 is 13.2 Å². The van der Waals surface area contributed by atoms with Gasteiger partial charge in [0.15, 0.2) is 0 Å². The first kappa shape index (κ1) is 24.1. The molecule has 0 bridgehead atoms. The summed E-state index contributed by atoms with van der Waals surface area (Å²) in [5, 5.41) is 0.717. The number of benzene rings is 1. The molecule has 3 aromatic rings. The summed E-state index contributed by atoms with van der Waals surface area (Å²) >= 11 is 0. The number of nitrogens with zero attached hydrogens (tertiary/aromatic N) is 3. The van der Waals surface area contributed by atoms with E-state index in [2.05, 4.69) is 34.5 Å². The van der Waals surface area contributed by atoms with E-state index in [0.29, 0.717) is 30.4 Å². The molecule has 0 saturated carbocycles. The van der Waals surface area contributed by atoms with Crippen molar-refractivity contribution in [2.24, 2.45) is 0 Å². The Morgan fingerprint density at radius 1 is 1.24 bits per heavy atom. The van der Waals surface area contributed by atoms with Gasteiger partial charge >= 0.3 is 0 Å². The molecule has 0 aliphatic carbocycles. The van der Waals surface area contributed by atoms with Crippen molar-refractivity contribution in [3.63, 3.8) is 0 Å². The van der Waals surface area contributed by atoms with Crippen LogP contribution in [0.2, 0.25) is 0 Å². The minimum Gasteiger partial charge on any atom is -0.360 e. The first-order valence-corrected chi connectivity index (χ1v) is 13.8. The number of anilines is 2. The number of carbonyl (C=O) groups excluding carboxylic acids is 1. The van der Waals surface area contributed by atoms with E-state index < -0.39 is 10.0 Å². The number of aromatic amines is 1. The second kappa shape index (κ2) is 10.0. The van der Waals surface area contributed by atoms with Gasteiger partial charge in [-0.15, -0.1) is 0 Å². The van der Waals surface area contributed by atoms with Gasteiger partial charge in [-0.25, -0.2) is 13.4 Å². The molecule has 0 radical (unpaired) electrons. The summed E-state index contributed by atoms with van der Waals surface area (Å²) in [7, 11) is -3.39. The monoisotopic (exact) mass is 483 g/mol. The van der Waals surface area contributed by atoms with Crippen molar-refractivity contribution in [1.82, 2.24) is 14.9 Å². The van der Waals surface area contributed by atoms with Crippen molar-refractivity contribution in [3.05, 3.63) is 53.9 Å². The zero-order valence-corrected chi connectivity index (χ0v) is 20.9. The molecule has 2 N–H and O–H groups in total. The molecule has 1 fully saturated rings. The molecule has 9 heteroatoms. The van der Waals surface area contributed by atoms with Crippen molar-refractivity contribution in [3.8, 4) is 0 Å². The third-order valence-electron chi connectivity index (χ3n) is 6.39. The van der Waals surface area contributed by atoms with Gasteiger partial charge in [-0.2, -0.15) is 0 Å². The van der Waals surface area contributed by atoms with Crippen LogP contribution in [-0.4, -0.2) is 61.1 Å². The number of hydrogen-bond acceptors (Lipinski definition) is 5.